The zero-order chi connectivity index (χ0) is 12.2. The molecule has 1 aliphatic rings. The second kappa shape index (κ2) is 3.20. The van der Waals surface area contributed by atoms with Gasteiger partial charge >= 0.3 is 0 Å². The van der Waals surface area contributed by atoms with E-state index in [1.54, 1.807) is 12.3 Å². The maximum atomic E-state index is 12.1. The van der Waals surface area contributed by atoms with Gasteiger partial charge in [0, 0.05) is 17.6 Å². The molecule has 2 heterocycles. The molecule has 2 N–H and O–H groups in total. The average molecular weight is 228 g/mol. The van der Waals surface area contributed by atoms with Gasteiger partial charge in [0.1, 0.15) is 5.56 Å². The zero-order valence-corrected chi connectivity index (χ0v) is 9.43. The van der Waals surface area contributed by atoms with Crippen LogP contribution in [-0.2, 0) is 6.42 Å². The summed E-state index contributed by atoms with van der Waals surface area (Å²) in [5, 5.41) is 0.586. The molecule has 2 aromatic rings. The molecule has 3 rings (SSSR count). The van der Waals surface area contributed by atoms with Gasteiger partial charge in [-0.15, -0.1) is 0 Å². The standard InChI is InChI=1S/C13H12N2O2/c1-7-5-8-3-2-4-9-11(8)15(7)6-10(12(9)16)13(14)17/h2-4,6-7H,5H2,1H3,(H2,14,17)/t7-/m0/s1. The Morgan fingerprint density at radius 1 is 1.47 bits per heavy atom. The molecule has 1 amide bonds. The van der Waals surface area contributed by atoms with Gasteiger partial charge in [0.15, 0.2) is 0 Å². The van der Waals surface area contributed by atoms with Gasteiger partial charge in [-0.05, 0) is 25.0 Å². The van der Waals surface area contributed by atoms with Crippen molar-refractivity contribution in [3.63, 3.8) is 0 Å². The smallest absolute Gasteiger partial charge is 0.254 e. The van der Waals surface area contributed by atoms with E-state index in [-0.39, 0.29) is 17.0 Å². The Kier molecular flexibility index (Phi) is 1.90. The summed E-state index contributed by atoms with van der Waals surface area (Å²) < 4.78 is 1.98. The highest BCUT2D eigenvalue weighted by atomic mass is 16.2. The van der Waals surface area contributed by atoms with E-state index in [4.69, 9.17) is 5.73 Å². The Labute approximate surface area is 97.7 Å². The van der Waals surface area contributed by atoms with Crippen LogP contribution in [0.2, 0.25) is 0 Å². The van der Waals surface area contributed by atoms with Crippen LogP contribution in [0.4, 0.5) is 0 Å². The molecule has 4 heteroatoms. The van der Waals surface area contributed by atoms with Gasteiger partial charge in [-0.25, -0.2) is 0 Å². The maximum absolute atomic E-state index is 12.1. The molecule has 1 aromatic heterocycles. The molecule has 0 bridgehead atoms. The summed E-state index contributed by atoms with van der Waals surface area (Å²) in [7, 11) is 0. The summed E-state index contributed by atoms with van der Waals surface area (Å²) in [4.78, 5) is 23.4. The number of nitrogens with two attached hydrogens (primary N) is 1. The molecule has 0 spiro atoms. The molecular formula is C13H12N2O2. The zero-order valence-electron chi connectivity index (χ0n) is 9.43. The Bertz CT molecular complexity index is 700. The van der Waals surface area contributed by atoms with Gasteiger partial charge < -0.3 is 10.3 Å². The molecule has 0 saturated heterocycles. The van der Waals surface area contributed by atoms with Crippen molar-refractivity contribution >= 4 is 16.8 Å². The molecule has 1 aliphatic heterocycles. The minimum Gasteiger partial charge on any atom is -0.365 e. The molecule has 0 radical (unpaired) electrons. The van der Waals surface area contributed by atoms with E-state index in [0.717, 1.165) is 17.5 Å². The first-order chi connectivity index (χ1) is 8.09. The second-order valence-corrected chi connectivity index (χ2v) is 4.51. The topological polar surface area (TPSA) is 65.1 Å². The number of pyridine rings is 1. The van der Waals surface area contributed by atoms with E-state index in [1.165, 1.54) is 0 Å². The van der Waals surface area contributed by atoms with Gasteiger partial charge in [0.05, 0.1) is 5.52 Å². The van der Waals surface area contributed by atoms with Crippen molar-refractivity contribution in [3.05, 3.63) is 45.7 Å². The summed E-state index contributed by atoms with van der Waals surface area (Å²) in [6, 6.07) is 5.88. The number of carbonyl (C=O) groups is 1. The van der Waals surface area contributed by atoms with E-state index < -0.39 is 5.91 Å². The van der Waals surface area contributed by atoms with Gasteiger partial charge in [-0.3, -0.25) is 9.59 Å². The molecule has 0 aliphatic carbocycles. The largest absolute Gasteiger partial charge is 0.365 e. The summed E-state index contributed by atoms with van der Waals surface area (Å²) in [5.74, 6) is -0.662. The molecule has 0 unspecified atom stereocenters. The number of hydrogen-bond acceptors (Lipinski definition) is 2. The minimum atomic E-state index is -0.662. The first kappa shape index (κ1) is 10.1. The number of amides is 1. The number of carbonyl (C=O) groups excluding carboxylic acids is 1. The van der Waals surface area contributed by atoms with Crippen molar-refractivity contribution in [2.45, 2.75) is 19.4 Å². The third-order valence-electron chi connectivity index (χ3n) is 3.39. The van der Waals surface area contributed by atoms with Crippen molar-refractivity contribution in [3.8, 4) is 0 Å². The van der Waals surface area contributed by atoms with E-state index in [2.05, 4.69) is 6.92 Å². The number of nitrogens with zero attached hydrogens (tertiary/aromatic N) is 1. The number of rotatable bonds is 1. The Hall–Kier alpha value is -2.10. The van der Waals surface area contributed by atoms with Gasteiger partial charge in [0.25, 0.3) is 5.91 Å². The predicted octanol–water partition coefficient (Wildman–Crippen LogP) is 1.22. The Balaban J connectivity index is 2.53. The normalized spacial score (nSPS) is 17.6. The Morgan fingerprint density at radius 3 is 2.94 bits per heavy atom. The van der Waals surface area contributed by atoms with Crippen molar-refractivity contribution in [1.29, 1.82) is 0 Å². The van der Waals surface area contributed by atoms with E-state index in [0.29, 0.717) is 5.39 Å². The van der Waals surface area contributed by atoms with Crippen LogP contribution in [0.25, 0.3) is 10.9 Å². The van der Waals surface area contributed by atoms with Gasteiger partial charge in [-0.2, -0.15) is 0 Å². The number of para-hydroxylation sites is 1. The fraction of sp³-hybridized carbons (Fsp3) is 0.231. The quantitative estimate of drug-likeness (QED) is 0.797. The summed E-state index contributed by atoms with van der Waals surface area (Å²) >= 11 is 0. The average Bonchev–Trinajstić information content (AvgIpc) is 2.60. The summed E-state index contributed by atoms with van der Waals surface area (Å²) in [6.45, 7) is 2.06. The fourth-order valence-corrected chi connectivity index (χ4v) is 2.59. The molecule has 86 valence electrons. The number of primary amides is 1. The molecule has 0 fully saturated rings. The van der Waals surface area contributed by atoms with Crippen molar-refractivity contribution in [2.75, 3.05) is 0 Å². The highest BCUT2D eigenvalue weighted by molar-refractivity contribution is 5.97. The lowest BCUT2D eigenvalue weighted by molar-refractivity contribution is 0.0998. The van der Waals surface area contributed by atoms with E-state index >= 15 is 0 Å². The first-order valence-corrected chi connectivity index (χ1v) is 5.56. The lowest BCUT2D eigenvalue weighted by atomic mass is 10.1. The van der Waals surface area contributed by atoms with Gasteiger partial charge in [0.2, 0.25) is 5.43 Å². The fourth-order valence-electron chi connectivity index (χ4n) is 2.59. The predicted molar refractivity (Wildman–Crippen MR) is 65.1 cm³/mol. The van der Waals surface area contributed by atoms with Crippen LogP contribution in [0.15, 0.2) is 29.2 Å². The van der Waals surface area contributed by atoms with Crippen LogP contribution >= 0.6 is 0 Å². The third-order valence-corrected chi connectivity index (χ3v) is 3.39. The lowest BCUT2D eigenvalue weighted by Gasteiger charge is -2.10. The SMILES string of the molecule is C[C@H]1Cc2cccc3c(=O)c(C(N)=O)cn1c23. The maximum Gasteiger partial charge on any atom is 0.254 e. The number of benzene rings is 1. The Morgan fingerprint density at radius 2 is 2.24 bits per heavy atom. The van der Waals surface area contributed by atoms with E-state index in [9.17, 15) is 9.59 Å². The lowest BCUT2D eigenvalue weighted by Crippen LogP contribution is -2.23. The van der Waals surface area contributed by atoms with Crippen molar-refractivity contribution in [1.82, 2.24) is 4.57 Å². The number of hydrogen-bond donors (Lipinski definition) is 1. The molecule has 1 atom stereocenters. The summed E-state index contributed by atoms with van der Waals surface area (Å²) in [5.41, 5.74) is 7.14. The van der Waals surface area contributed by atoms with Crippen LogP contribution < -0.4 is 11.2 Å². The van der Waals surface area contributed by atoms with Crippen molar-refractivity contribution in [2.24, 2.45) is 5.73 Å². The van der Waals surface area contributed by atoms with Crippen LogP contribution in [-0.4, -0.2) is 10.5 Å². The van der Waals surface area contributed by atoms with Crippen LogP contribution in [0.1, 0.15) is 28.9 Å². The van der Waals surface area contributed by atoms with Crippen LogP contribution in [0.5, 0.6) is 0 Å². The van der Waals surface area contributed by atoms with Crippen molar-refractivity contribution < 1.29 is 4.79 Å². The summed E-state index contributed by atoms with van der Waals surface area (Å²) in [6.07, 6.45) is 2.48. The highest BCUT2D eigenvalue weighted by Gasteiger charge is 2.23. The molecule has 4 nitrogen and oxygen atoms in total. The monoisotopic (exact) mass is 228 g/mol. The second-order valence-electron chi connectivity index (χ2n) is 4.51. The minimum absolute atomic E-state index is 0.0726. The first-order valence-electron chi connectivity index (χ1n) is 5.56. The number of aromatic nitrogens is 1. The molecule has 17 heavy (non-hydrogen) atoms. The van der Waals surface area contributed by atoms with Crippen LogP contribution in [0.3, 0.4) is 0 Å². The van der Waals surface area contributed by atoms with Gasteiger partial charge in [-0.1, -0.05) is 12.1 Å². The van der Waals surface area contributed by atoms with Crippen LogP contribution in [0, 0.1) is 0 Å². The molecular weight excluding hydrogens is 216 g/mol. The van der Waals surface area contributed by atoms with E-state index in [1.807, 2.05) is 16.7 Å². The third kappa shape index (κ3) is 1.24. The molecule has 0 saturated carbocycles. The highest BCUT2D eigenvalue weighted by Crippen LogP contribution is 2.30. The molecule has 1 aromatic carbocycles.